The molecule has 0 aliphatic heterocycles. The van der Waals surface area contributed by atoms with E-state index in [-0.39, 0.29) is 0 Å². The smallest absolute Gasteiger partial charge is 0.164 e. The third-order valence-corrected chi connectivity index (χ3v) is 13.6. The van der Waals surface area contributed by atoms with Gasteiger partial charge in [-0.15, -0.1) is 0 Å². The molecule has 10 aromatic carbocycles. The summed E-state index contributed by atoms with van der Waals surface area (Å²) in [6, 6.07) is 85.3. The summed E-state index contributed by atoms with van der Waals surface area (Å²) in [7, 11) is 0. The fourth-order valence-corrected chi connectivity index (χ4v) is 10.8. The van der Waals surface area contributed by atoms with Crippen molar-refractivity contribution >= 4 is 10.8 Å². The van der Waals surface area contributed by atoms with Crippen molar-refractivity contribution in [1.82, 2.24) is 15.0 Å². The summed E-state index contributed by atoms with van der Waals surface area (Å²) in [5, 5.41) is 2.41. The van der Waals surface area contributed by atoms with Gasteiger partial charge in [-0.1, -0.05) is 237 Å². The number of hydrogen-bond acceptors (Lipinski definition) is 3. The first-order chi connectivity index (χ1) is 32.2. The second kappa shape index (κ2) is 14.8. The molecule has 0 unspecified atom stereocenters. The van der Waals surface area contributed by atoms with Gasteiger partial charge in [-0.25, -0.2) is 15.0 Å². The van der Waals surface area contributed by atoms with Gasteiger partial charge in [0.1, 0.15) is 0 Å². The first-order valence-electron chi connectivity index (χ1n) is 22.3. The Morgan fingerprint density at radius 2 is 0.631 bits per heavy atom. The van der Waals surface area contributed by atoms with Crippen molar-refractivity contribution < 1.29 is 0 Å². The molecule has 3 heteroatoms. The van der Waals surface area contributed by atoms with Crippen LogP contribution in [-0.2, 0) is 5.41 Å². The van der Waals surface area contributed by atoms with Gasteiger partial charge in [-0.05, 0) is 88.7 Å². The molecule has 0 radical (unpaired) electrons. The molecule has 1 aromatic heterocycles. The molecule has 1 spiro atoms. The number of rotatable bonds is 6. The van der Waals surface area contributed by atoms with E-state index < -0.39 is 5.41 Å². The normalized spacial score (nSPS) is 12.7. The van der Waals surface area contributed by atoms with E-state index in [0.29, 0.717) is 17.5 Å². The third kappa shape index (κ3) is 5.72. The van der Waals surface area contributed by atoms with E-state index >= 15 is 0 Å². The molecule has 0 saturated heterocycles. The highest BCUT2D eigenvalue weighted by atomic mass is 15.0. The quantitative estimate of drug-likeness (QED) is 0.168. The standard InChI is InChI=1S/C62H39N3/c1-3-16-40(17-4-1)41-30-34-45(35-31-41)60-63-59(44-19-5-2-6-20-44)64-61(65-60)46-36-32-43(33-37-46)57-47-21-8-7-18-42(47)38-39-51(57)50-25-15-29-56-58(50)52-24-11-14-28-55(52)62(56)53-26-12-9-22-48(53)49-23-10-13-27-54(49)62/h1-39H. The van der Waals surface area contributed by atoms with Crippen LogP contribution in [0, 0.1) is 0 Å². The summed E-state index contributed by atoms with van der Waals surface area (Å²) in [5.74, 6) is 1.91. The average molecular weight is 826 g/mol. The molecule has 1 heterocycles. The van der Waals surface area contributed by atoms with Crippen LogP contribution in [0.3, 0.4) is 0 Å². The lowest BCUT2D eigenvalue weighted by Gasteiger charge is -2.30. The number of aromatic nitrogens is 3. The van der Waals surface area contributed by atoms with E-state index in [9.17, 15) is 0 Å². The van der Waals surface area contributed by atoms with Crippen LogP contribution in [-0.4, -0.2) is 15.0 Å². The van der Waals surface area contributed by atoms with E-state index in [1.54, 1.807) is 0 Å². The molecule has 3 nitrogen and oxygen atoms in total. The van der Waals surface area contributed by atoms with Crippen molar-refractivity contribution in [1.29, 1.82) is 0 Å². The first-order valence-corrected chi connectivity index (χ1v) is 22.3. The lowest BCUT2D eigenvalue weighted by atomic mass is 9.70. The van der Waals surface area contributed by atoms with Crippen molar-refractivity contribution in [2.75, 3.05) is 0 Å². The number of fused-ring (bicyclic) bond motifs is 11. The molecule has 302 valence electrons. The molecule has 0 amide bonds. The van der Waals surface area contributed by atoms with Gasteiger partial charge in [0.2, 0.25) is 0 Å². The van der Waals surface area contributed by atoms with Crippen molar-refractivity contribution in [2.45, 2.75) is 5.41 Å². The molecule has 11 aromatic rings. The molecule has 2 aliphatic carbocycles. The zero-order chi connectivity index (χ0) is 42.9. The zero-order valence-electron chi connectivity index (χ0n) is 35.4. The van der Waals surface area contributed by atoms with Gasteiger partial charge >= 0.3 is 0 Å². The summed E-state index contributed by atoms with van der Waals surface area (Å²) < 4.78 is 0. The van der Waals surface area contributed by atoms with Crippen LogP contribution >= 0.6 is 0 Å². The van der Waals surface area contributed by atoms with Crippen LogP contribution in [0.5, 0.6) is 0 Å². The maximum atomic E-state index is 5.12. The van der Waals surface area contributed by atoms with Crippen molar-refractivity contribution in [2.24, 2.45) is 0 Å². The number of benzene rings is 10. The Bertz CT molecular complexity index is 3590. The lowest BCUT2D eigenvalue weighted by Crippen LogP contribution is -2.25. The maximum Gasteiger partial charge on any atom is 0.164 e. The third-order valence-electron chi connectivity index (χ3n) is 13.6. The van der Waals surface area contributed by atoms with Gasteiger partial charge in [0, 0.05) is 16.7 Å². The van der Waals surface area contributed by atoms with E-state index in [1.807, 2.05) is 24.3 Å². The molecule has 0 atom stereocenters. The van der Waals surface area contributed by atoms with Crippen molar-refractivity contribution in [3.8, 4) is 89.8 Å². The fourth-order valence-electron chi connectivity index (χ4n) is 10.8. The number of hydrogen-bond donors (Lipinski definition) is 0. The second-order valence-corrected chi connectivity index (χ2v) is 17.0. The largest absolute Gasteiger partial charge is 0.208 e. The Labute approximate surface area is 378 Å². The molecular formula is C62H39N3. The van der Waals surface area contributed by atoms with E-state index in [2.05, 4.69) is 212 Å². The predicted molar refractivity (Wildman–Crippen MR) is 266 cm³/mol. The van der Waals surface area contributed by atoms with Crippen LogP contribution in [0.4, 0.5) is 0 Å². The zero-order valence-corrected chi connectivity index (χ0v) is 35.4. The SMILES string of the molecule is c1ccc(-c2ccc(-c3nc(-c4ccccc4)nc(-c4ccc(-c5c(-c6cccc7c6-c6ccccc6C76c7ccccc7-c7ccccc76)ccc6ccccc56)cc4)n3)cc2)cc1. The van der Waals surface area contributed by atoms with Crippen LogP contribution in [0.25, 0.3) is 101 Å². The van der Waals surface area contributed by atoms with Gasteiger partial charge in [0.25, 0.3) is 0 Å². The topological polar surface area (TPSA) is 38.7 Å². The van der Waals surface area contributed by atoms with Crippen molar-refractivity contribution in [3.63, 3.8) is 0 Å². The Morgan fingerprint density at radius 1 is 0.231 bits per heavy atom. The highest BCUT2D eigenvalue weighted by Crippen LogP contribution is 2.64. The molecular weight excluding hydrogens is 787 g/mol. The van der Waals surface area contributed by atoms with Gasteiger partial charge in [-0.3, -0.25) is 0 Å². The summed E-state index contributed by atoms with van der Waals surface area (Å²) in [5.41, 5.74) is 20.0. The molecule has 65 heavy (non-hydrogen) atoms. The molecule has 13 rings (SSSR count). The Kier molecular flexibility index (Phi) is 8.44. The molecule has 0 fully saturated rings. The summed E-state index contributed by atoms with van der Waals surface area (Å²) in [6.45, 7) is 0. The minimum atomic E-state index is -0.417. The van der Waals surface area contributed by atoms with Gasteiger partial charge in [-0.2, -0.15) is 0 Å². The Hall–Kier alpha value is -8.53. The molecule has 0 saturated carbocycles. The first kappa shape index (κ1) is 37.1. The maximum absolute atomic E-state index is 5.12. The monoisotopic (exact) mass is 825 g/mol. The summed E-state index contributed by atoms with van der Waals surface area (Å²) >= 11 is 0. The minimum absolute atomic E-state index is 0.417. The van der Waals surface area contributed by atoms with E-state index in [0.717, 1.165) is 27.8 Å². The lowest BCUT2D eigenvalue weighted by molar-refractivity contribution is 0.794. The average Bonchev–Trinajstić information content (AvgIpc) is 3.86. The Balaban J connectivity index is 0.967. The van der Waals surface area contributed by atoms with Gasteiger partial charge in [0.15, 0.2) is 17.5 Å². The van der Waals surface area contributed by atoms with Crippen LogP contribution in [0.2, 0.25) is 0 Å². The highest BCUT2D eigenvalue weighted by molar-refractivity contribution is 6.08. The van der Waals surface area contributed by atoms with Crippen LogP contribution in [0.15, 0.2) is 237 Å². The fraction of sp³-hybridized carbons (Fsp3) is 0.0161. The van der Waals surface area contributed by atoms with E-state index in [4.69, 9.17) is 15.0 Å². The molecule has 0 N–H and O–H groups in total. The molecule has 2 aliphatic rings. The minimum Gasteiger partial charge on any atom is -0.208 e. The van der Waals surface area contributed by atoms with Crippen LogP contribution < -0.4 is 0 Å². The highest BCUT2D eigenvalue weighted by Gasteiger charge is 2.52. The Morgan fingerprint density at radius 3 is 1.25 bits per heavy atom. The van der Waals surface area contributed by atoms with Gasteiger partial charge < -0.3 is 0 Å². The summed E-state index contributed by atoms with van der Waals surface area (Å²) in [4.78, 5) is 15.2. The van der Waals surface area contributed by atoms with Crippen LogP contribution in [0.1, 0.15) is 22.3 Å². The van der Waals surface area contributed by atoms with Crippen molar-refractivity contribution in [3.05, 3.63) is 259 Å². The summed E-state index contributed by atoms with van der Waals surface area (Å²) in [6.07, 6.45) is 0. The predicted octanol–water partition coefficient (Wildman–Crippen LogP) is 15.4. The number of nitrogens with zero attached hydrogens (tertiary/aromatic N) is 3. The van der Waals surface area contributed by atoms with E-state index in [1.165, 1.54) is 77.5 Å². The van der Waals surface area contributed by atoms with Gasteiger partial charge in [0.05, 0.1) is 5.41 Å². The molecule has 0 bridgehead atoms. The second-order valence-electron chi connectivity index (χ2n) is 17.0.